The highest BCUT2D eigenvalue weighted by atomic mass is 32.1. The first kappa shape index (κ1) is 19.2. The summed E-state index contributed by atoms with van der Waals surface area (Å²) in [5.74, 6) is 0.0425. The molecular formula is C18H20N6O4S. The van der Waals surface area contributed by atoms with Gasteiger partial charge in [0.15, 0.2) is 0 Å². The van der Waals surface area contributed by atoms with Crippen LogP contribution in [0.2, 0.25) is 0 Å². The summed E-state index contributed by atoms with van der Waals surface area (Å²) in [6, 6.07) is 0. The van der Waals surface area contributed by atoms with E-state index in [0.717, 1.165) is 29.5 Å². The first-order valence-corrected chi connectivity index (χ1v) is 10.2. The highest BCUT2D eigenvalue weighted by molar-refractivity contribution is 7.18. The van der Waals surface area contributed by atoms with Crippen LogP contribution in [0.1, 0.15) is 47.0 Å². The van der Waals surface area contributed by atoms with Gasteiger partial charge in [0.25, 0.3) is 11.5 Å². The van der Waals surface area contributed by atoms with E-state index >= 15 is 0 Å². The van der Waals surface area contributed by atoms with Crippen LogP contribution in [0.15, 0.2) is 11.0 Å². The van der Waals surface area contributed by atoms with Gasteiger partial charge in [0, 0.05) is 11.4 Å². The van der Waals surface area contributed by atoms with Crippen LogP contribution in [0.4, 0.5) is 5.69 Å². The predicted molar refractivity (Wildman–Crippen MR) is 108 cm³/mol. The molecule has 1 aliphatic carbocycles. The molecule has 0 saturated heterocycles. The number of nitro groups is 1. The molecule has 3 heterocycles. The van der Waals surface area contributed by atoms with Crippen LogP contribution in [-0.4, -0.2) is 30.3 Å². The lowest BCUT2D eigenvalue weighted by atomic mass is 9.89. The van der Waals surface area contributed by atoms with Gasteiger partial charge in [-0.2, -0.15) is 5.10 Å². The molecule has 3 aromatic rings. The third kappa shape index (κ3) is 3.20. The molecule has 0 spiro atoms. The Labute approximate surface area is 169 Å². The third-order valence-corrected chi connectivity index (χ3v) is 6.34. The number of hydrogen-bond acceptors (Lipinski definition) is 7. The average molecular weight is 416 g/mol. The Morgan fingerprint density at radius 2 is 2.24 bits per heavy atom. The Hall–Kier alpha value is -3.08. The molecule has 1 atom stereocenters. The molecule has 10 nitrogen and oxygen atoms in total. The number of amides is 1. The van der Waals surface area contributed by atoms with Crippen molar-refractivity contribution in [3.05, 3.63) is 48.6 Å². The van der Waals surface area contributed by atoms with Crippen LogP contribution in [0.5, 0.6) is 0 Å². The number of thiophene rings is 1. The molecule has 1 unspecified atom stereocenters. The number of nitrogens with zero attached hydrogens (tertiary/aromatic N) is 5. The predicted octanol–water partition coefficient (Wildman–Crippen LogP) is 2.40. The summed E-state index contributed by atoms with van der Waals surface area (Å²) in [5.41, 5.74) is 2.33. The van der Waals surface area contributed by atoms with E-state index in [9.17, 15) is 19.7 Å². The number of aromatic nitrogens is 4. The zero-order chi connectivity index (χ0) is 20.9. The van der Waals surface area contributed by atoms with Gasteiger partial charge in [0.05, 0.1) is 10.3 Å². The van der Waals surface area contributed by atoms with Crippen LogP contribution >= 0.6 is 11.3 Å². The van der Waals surface area contributed by atoms with Crippen molar-refractivity contribution in [3.63, 3.8) is 0 Å². The third-order valence-electron chi connectivity index (χ3n) is 5.19. The molecule has 0 radical (unpaired) electrons. The average Bonchev–Trinajstić information content (AvgIpc) is 3.25. The van der Waals surface area contributed by atoms with Gasteiger partial charge in [-0.05, 0) is 44.6 Å². The van der Waals surface area contributed by atoms with E-state index in [1.165, 1.54) is 27.1 Å². The standard InChI is InChI=1S/C18H20N6O4S/c1-4-22-8-12(24(27)28)15(20-22)16(25)21-23-10(3)19-17-14(18(23)26)11-6-5-9(2)7-13(11)29-17/h8-9H,4-7H2,1-3H3,(H,21,25). The molecule has 0 aliphatic heterocycles. The normalized spacial score (nSPS) is 16.0. The lowest BCUT2D eigenvalue weighted by molar-refractivity contribution is -0.385. The molecular weight excluding hydrogens is 396 g/mol. The van der Waals surface area contributed by atoms with E-state index in [0.29, 0.717) is 28.5 Å². The van der Waals surface area contributed by atoms with Crippen molar-refractivity contribution >= 4 is 33.1 Å². The van der Waals surface area contributed by atoms with Gasteiger partial charge in [0.1, 0.15) is 16.9 Å². The minimum atomic E-state index is -0.826. The summed E-state index contributed by atoms with van der Waals surface area (Å²) >= 11 is 1.53. The second kappa shape index (κ2) is 7.07. The van der Waals surface area contributed by atoms with E-state index in [2.05, 4.69) is 22.4 Å². The molecule has 1 amide bonds. The fourth-order valence-electron chi connectivity index (χ4n) is 3.65. The van der Waals surface area contributed by atoms with Crippen LogP contribution in [0, 0.1) is 23.0 Å². The molecule has 11 heteroatoms. The van der Waals surface area contributed by atoms with Crippen molar-refractivity contribution in [1.82, 2.24) is 19.4 Å². The molecule has 29 heavy (non-hydrogen) atoms. The van der Waals surface area contributed by atoms with Crippen LogP contribution in [0.3, 0.4) is 0 Å². The van der Waals surface area contributed by atoms with Crippen molar-refractivity contribution in [1.29, 1.82) is 0 Å². The second-order valence-electron chi connectivity index (χ2n) is 7.25. The van der Waals surface area contributed by atoms with Gasteiger partial charge in [-0.15, -0.1) is 11.3 Å². The van der Waals surface area contributed by atoms with E-state index in [-0.39, 0.29) is 11.3 Å². The maximum absolute atomic E-state index is 13.2. The largest absolute Gasteiger partial charge is 0.320 e. The zero-order valence-electron chi connectivity index (χ0n) is 16.3. The number of carbonyl (C=O) groups is 1. The van der Waals surface area contributed by atoms with Crippen LogP contribution < -0.4 is 11.0 Å². The molecule has 152 valence electrons. The van der Waals surface area contributed by atoms with E-state index in [1.54, 1.807) is 13.8 Å². The zero-order valence-corrected chi connectivity index (χ0v) is 17.1. The van der Waals surface area contributed by atoms with Crippen LogP contribution in [-0.2, 0) is 19.4 Å². The lowest BCUT2D eigenvalue weighted by Crippen LogP contribution is -2.36. The van der Waals surface area contributed by atoms with E-state index in [1.807, 2.05) is 0 Å². The van der Waals surface area contributed by atoms with Crippen molar-refractivity contribution < 1.29 is 9.72 Å². The summed E-state index contributed by atoms with van der Waals surface area (Å²) in [6.45, 7) is 5.93. The molecule has 4 rings (SSSR count). The van der Waals surface area contributed by atoms with Crippen molar-refractivity contribution in [3.8, 4) is 0 Å². The molecule has 0 fully saturated rings. The maximum Gasteiger partial charge on any atom is 0.320 e. The minimum absolute atomic E-state index is 0.306. The van der Waals surface area contributed by atoms with E-state index < -0.39 is 16.5 Å². The number of fused-ring (bicyclic) bond motifs is 3. The Kier molecular flexibility index (Phi) is 4.69. The highest BCUT2D eigenvalue weighted by Crippen LogP contribution is 2.35. The Morgan fingerprint density at radius 1 is 1.48 bits per heavy atom. The molecule has 0 saturated carbocycles. The van der Waals surface area contributed by atoms with Crippen molar-refractivity contribution in [2.75, 3.05) is 5.43 Å². The Bertz CT molecular complexity index is 1210. The molecule has 1 N–H and O–H groups in total. The summed E-state index contributed by atoms with van der Waals surface area (Å²) in [4.78, 5) is 42.8. The van der Waals surface area contributed by atoms with Gasteiger partial charge in [-0.25, -0.2) is 9.66 Å². The number of carbonyl (C=O) groups excluding carboxylic acids is 1. The topological polar surface area (TPSA) is 125 Å². The van der Waals surface area contributed by atoms with Crippen molar-refractivity contribution in [2.45, 2.75) is 46.6 Å². The van der Waals surface area contributed by atoms with Gasteiger partial charge < -0.3 is 0 Å². The Balaban J connectivity index is 1.77. The van der Waals surface area contributed by atoms with Gasteiger partial charge >= 0.3 is 5.69 Å². The number of aryl methyl sites for hydroxylation is 3. The summed E-state index contributed by atoms with van der Waals surface area (Å²) in [6.07, 6.45) is 3.92. The first-order valence-electron chi connectivity index (χ1n) is 9.37. The fourth-order valence-corrected chi connectivity index (χ4v) is 5.06. The van der Waals surface area contributed by atoms with Crippen molar-refractivity contribution in [2.24, 2.45) is 5.92 Å². The molecule has 0 aromatic carbocycles. The van der Waals surface area contributed by atoms with E-state index in [4.69, 9.17) is 0 Å². The van der Waals surface area contributed by atoms with Crippen LogP contribution in [0.25, 0.3) is 10.2 Å². The smallest absolute Gasteiger partial charge is 0.267 e. The number of rotatable bonds is 4. The van der Waals surface area contributed by atoms with Gasteiger partial charge in [-0.3, -0.25) is 29.8 Å². The summed E-state index contributed by atoms with van der Waals surface area (Å²) in [7, 11) is 0. The lowest BCUT2D eigenvalue weighted by Gasteiger charge is -2.17. The highest BCUT2D eigenvalue weighted by Gasteiger charge is 2.28. The number of hydrogen-bond donors (Lipinski definition) is 1. The van der Waals surface area contributed by atoms with Gasteiger partial charge in [-0.1, -0.05) is 6.92 Å². The first-order chi connectivity index (χ1) is 13.8. The molecule has 1 aliphatic rings. The second-order valence-corrected chi connectivity index (χ2v) is 8.33. The monoisotopic (exact) mass is 416 g/mol. The summed E-state index contributed by atoms with van der Waals surface area (Å²) in [5, 5.41) is 15.8. The molecule has 0 bridgehead atoms. The number of nitrogens with one attached hydrogen (secondary N) is 1. The Morgan fingerprint density at radius 3 is 2.93 bits per heavy atom. The quantitative estimate of drug-likeness (QED) is 0.514. The minimum Gasteiger partial charge on any atom is -0.267 e. The summed E-state index contributed by atoms with van der Waals surface area (Å²) < 4.78 is 2.37. The van der Waals surface area contributed by atoms with Gasteiger partial charge in [0.2, 0.25) is 5.69 Å². The fraction of sp³-hybridized carbons (Fsp3) is 0.444. The molecule has 3 aromatic heterocycles. The SMILES string of the molecule is CCn1cc([N+](=O)[O-])c(C(=O)Nn2c(C)nc3sc4c(c3c2=O)CCC(C)C4)n1. The maximum atomic E-state index is 13.2.